The van der Waals surface area contributed by atoms with Crippen molar-refractivity contribution in [2.75, 3.05) is 24.5 Å². The largest absolute Gasteiger partial charge is 0.478 e. The van der Waals surface area contributed by atoms with Crippen LogP contribution in [0.5, 0.6) is 5.75 Å². The van der Waals surface area contributed by atoms with E-state index in [0.29, 0.717) is 17.5 Å². The Hall–Kier alpha value is -3.84. The van der Waals surface area contributed by atoms with E-state index in [2.05, 4.69) is 44.0 Å². The number of carboxylic acid groups (broad SMARTS) is 1. The molecule has 2 saturated heterocycles. The minimum atomic E-state index is -0.914. The number of nitrogens with one attached hydrogen (secondary N) is 1. The number of aromatic amines is 1. The van der Waals surface area contributed by atoms with Crippen molar-refractivity contribution in [1.82, 2.24) is 14.9 Å². The van der Waals surface area contributed by atoms with Crippen molar-refractivity contribution < 1.29 is 14.6 Å². The molecule has 2 aromatic carbocycles. The summed E-state index contributed by atoms with van der Waals surface area (Å²) in [4.78, 5) is 23.9. The number of carbonyl (C=O) groups is 1. The highest BCUT2D eigenvalue weighted by Crippen LogP contribution is 2.46. The number of aromatic carboxylic acids is 1. The van der Waals surface area contributed by atoms with Crippen LogP contribution >= 0.6 is 0 Å². The summed E-state index contributed by atoms with van der Waals surface area (Å²) in [6.07, 6.45) is 8.58. The van der Waals surface area contributed by atoms with Crippen molar-refractivity contribution in [2.24, 2.45) is 5.92 Å². The lowest BCUT2D eigenvalue weighted by Gasteiger charge is -2.50. The molecular formula is C31H32N4O3. The Kier molecular flexibility index (Phi) is 5.81. The molecule has 3 unspecified atom stereocenters. The molecule has 3 aliphatic rings. The maximum absolute atomic E-state index is 11.4. The van der Waals surface area contributed by atoms with Gasteiger partial charge >= 0.3 is 5.97 Å². The maximum atomic E-state index is 11.4. The third kappa shape index (κ3) is 4.31. The molecule has 7 rings (SSSR count). The first-order valence-corrected chi connectivity index (χ1v) is 13.7. The Bertz CT molecular complexity index is 1460. The number of benzene rings is 2. The van der Waals surface area contributed by atoms with Gasteiger partial charge in [0.25, 0.3) is 0 Å². The third-order valence-electron chi connectivity index (χ3n) is 8.42. The van der Waals surface area contributed by atoms with E-state index in [1.54, 1.807) is 23.9 Å². The van der Waals surface area contributed by atoms with E-state index in [1.807, 2.05) is 30.5 Å². The highest BCUT2D eigenvalue weighted by Gasteiger charge is 2.44. The highest BCUT2D eigenvalue weighted by atomic mass is 16.5. The van der Waals surface area contributed by atoms with Crippen LogP contribution in [0.25, 0.3) is 11.0 Å². The number of rotatable bonds is 8. The van der Waals surface area contributed by atoms with Crippen LogP contribution < -0.4 is 9.64 Å². The van der Waals surface area contributed by atoms with Gasteiger partial charge in [0.15, 0.2) is 6.23 Å². The summed E-state index contributed by atoms with van der Waals surface area (Å²) < 4.78 is 6.61. The average molecular weight is 509 g/mol. The number of hydrogen-bond acceptors (Lipinski definition) is 5. The number of hydrogen-bond donors (Lipinski definition) is 2. The summed E-state index contributed by atoms with van der Waals surface area (Å²) in [6, 6.07) is 20.7. The first-order valence-electron chi connectivity index (χ1n) is 13.7. The molecule has 1 saturated carbocycles. The van der Waals surface area contributed by atoms with Crippen molar-refractivity contribution in [3.63, 3.8) is 0 Å². The molecule has 194 valence electrons. The van der Waals surface area contributed by atoms with Crippen LogP contribution in [0.1, 0.15) is 59.1 Å². The Morgan fingerprint density at radius 3 is 2.66 bits per heavy atom. The maximum Gasteiger partial charge on any atom is 0.335 e. The van der Waals surface area contributed by atoms with Crippen molar-refractivity contribution in [3.05, 3.63) is 89.7 Å². The normalized spacial score (nSPS) is 23.5. The van der Waals surface area contributed by atoms with Crippen LogP contribution in [0.4, 0.5) is 5.69 Å². The Labute approximate surface area is 222 Å². The number of anilines is 1. The van der Waals surface area contributed by atoms with Gasteiger partial charge < -0.3 is 19.7 Å². The number of nitrogens with zero attached hydrogens (tertiary/aromatic N) is 3. The van der Waals surface area contributed by atoms with E-state index in [0.717, 1.165) is 48.0 Å². The second kappa shape index (κ2) is 9.48. The van der Waals surface area contributed by atoms with E-state index < -0.39 is 5.97 Å². The lowest BCUT2D eigenvalue weighted by atomic mass is 9.92. The lowest BCUT2D eigenvalue weighted by Crippen LogP contribution is -2.62. The predicted octanol–water partition coefficient (Wildman–Crippen LogP) is 5.82. The van der Waals surface area contributed by atoms with Crippen molar-refractivity contribution in [2.45, 2.75) is 43.9 Å². The zero-order chi connectivity index (χ0) is 25.6. The molecule has 2 N–H and O–H groups in total. The van der Waals surface area contributed by atoms with E-state index in [1.165, 1.54) is 31.2 Å². The molecule has 2 aliphatic heterocycles. The average Bonchev–Trinajstić information content (AvgIpc) is 3.49. The van der Waals surface area contributed by atoms with Crippen LogP contribution in [0.2, 0.25) is 0 Å². The second-order valence-electron chi connectivity index (χ2n) is 10.9. The number of H-pyrrole nitrogens is 1. The van der Waals surface area contributed by atoms with Crippen molar-refractivity contribution >= 4 is 22.7 Å². The van der Waals surface area contributed by atoms with Gasteiger partial charge in [0, 0.05) is 42.3 Å². The zero-order valence-corrected chi connectivity index (χ0v) is 21.3. The number of fused-ring (bicyclic) bond motifs is 1. The zero-order valence-electron chi connectivity index (χ0n) is 21.3. The van der Waals surface area contributed by atoms with Crippen LogP contribution in [-0.2, 0) is 0 Å². The molecule has 2 aromatic heterocycles. The Morgan fingerprint density at radius 1 is 1.05 bits per heavy atom. The van der Waals surface area contributed by atoms with Crippen LogP contribution in [0, 0.1) is 5.92 Å². The number of aromatic nitrogens is 2. The monoisotopic (exact) mass is 508 g/mol. The molecule has 0 bridgehead atoms. The van der Waals surface area contributed by atoms with Crippen molar-refractivity contribution in [1.29, 1.82) is 0 Å². The lowest BCUT2D eigenvalue weighted by molar-refractivity contribution is 0.0403. The Balaban J connectivity index is 1.14. The fraction of sp³-hybridized carbons (Fsp3) is 0.355. The number of pyridine rings is 1. The van der Waals surface area contributed by atoms with E-state index in [9.17, 15) is 9.90 Å². The summed E-state index contributed by atoms with van der Waals surface area (Å²) in [5.41, 5.74) is 5.19. The molecule has 1 aliphatic carbocycles. The molecule has 4 heterocycles. The highest BCUT2D eigenvalue weighted by molar-refractivity contribution is 5.88. The summed E-state index contributed by atoms with van der Waals surface area (Å²) in [5, 5.41) is 10.3. The summed E-state index contributed by atoms with van der Waals surface area (Å²) >= 11 is 0. The first kappa shape index (κ1) is 23.3. The molecule has 3 fully saturated rings. The third-order valence-corrected chi connectivity index (χ3v) is 8.42. The smallest absolute Gasteiger partial charge is 0.335 e. The summed E-state index contributed by atoms with van der Waals surface area (Å²) in [5.74, 6) is 0.901. The summed E-state index contributed by atoms with van der Waals surface area (Å²) in [6.45, 7) is 2.94. The topological polar surface area (TPSA) is 81.7 Å². The minimum Gasteiger partial charge on any atom is -0.478 e. The molecular weight excluding hydrogens is 476 g/mol. The predicted molar refractivity (Wildman–Crippen MR) is 147 cm³/mol. The van der Waals surface area contributed by atoms with Crippen LogP contribution in [0.15, 0.2) is 73.1 Å². The molecule has 7 nitrogen and oxygen atoms in total. The number of carboxylic acids is 1. The van der Waals surface area contributed by atoms with Crippen LogP contribution in [-0.4, -0.2) is 51.8 Å². The SMILES string of the molecule is O=C(O)c1ccc(N2CC(CN3CCCC3c3ccccc3C3CC3)C2Oc2cnc3[nH]ccc3c2)cc1. The van der Waals surface area contributed by atoms with E-state index in [-0.39, 0.29) is 6.23 Å². The molecule has 7 heteroatoms. The van der Waals surface area contributed by atoms with Gasteiger partial charge in [-0.25, -0.2) is 9.78 Å². The van der Waals surface area contributed by atoms with Gasteiger partial charge in [-0.2, -0.15) is 0 Å². The molecule has 4 aromatic rings. The fourth-order valence-electron chi connectivity index (χ4n) is 6.32. The fourth-order valence-corrected chi connectivity index (χ4v) is 6.32. The molecule has 3 atom stereocenters. The number of likely N-dealkylation sites (tertiary alicyclic amines) is 1. The standard InChI is InChI=1S/C31H32N4O3/c36-31(37)21-9-11-24(12-10-21)35-19-23(30(35)38-25-16-22-13-14-32-29(22)33-17-25)18-34-15-3-6-28(34)27-5-2-1-4-26(27)20-7-8-20/h1-2,4-5,9-14,16-17,20,23,28,30H,3,6-8,15,18-19H2,(H,32,33)(H,36,37). The minimum absolute atomic E-state index is 0.149. The van der Waals surface area contributed by atoms with Crippen molar-refractivity contribution in [3.8, 4) is 5.75 Å². The molecule has 38 heavy (non-hydrogen) atoms. The van der Waals surface area contributed by atoms with Crippen LogP contribution in [0.3, 0.4) is 0 Å². The van der Waals surface area contributed by atoms with Gasteiger partial charge in [-0.15, -0.1) is 0 Å². The van der Waals surface area contributed by atoms with Gasteiger partial charge in [0.2, 0.25) is 0 Å². The Morgan fingerprint density at radius 2 is 1.87 bits per heavy atom. The van der Waals surface area contributed by atoms with Gasteiger partial charge in [0.1, 0.15) is 11.4 Å². The van der Waals surface area contributed by atoms with Gasteiger partial charge in [-0.1, -0.05) is 24.3 Å². The molecule has 0 amide bonds. The van der Waals surface area contributed by atoms with Gasteiger partial charge in [-0.05, 0) is 85.7 Å². The molecule has 0 spiro atoms. The molecule has 0 radical (unpaired) electrons. The summed E-state index contributed by atoms with van der Waals surface area (Å²) in [7, 11) is 0. The quantitative estimate of drug-likeness (QED) is 0.312. The van der Waals surface area contributed by atoms with Gasteiger partial charge in [-0.3, -0.25) is 4.90 Å². The second-order valence-corrected chi connectivity index (χ2v) is 10.9. The number of ether oxygens (including phenoxy) is 1. The van der Waals surface area contributed by atoms with Gasteiger partial charge in [0.05, 0.1) is 11.8 Å². The van der Waals surface area contributed by atoms with E-state index in [4.69, 9.17) is 4.74 Å². The first-order chi connectivity index (χ1) is 18.6. The van der Waals surface area contributed by atoms with E-state index >= 15 is 0 Å².